The predicted octanol–water partition coefficient (Wildman–Crippen LogP) is 2.06. The summed E-state index contributed by atoms with van der Waals surface area (Å²) in [6.45, 7) is 5.54. The highest BCUT2D eigenvalue weighted by molar-refractivity contribution is 5.85. The number of hydrogen-bond acceptors (Lipinski definition) is 3. The summed E-state index contributed by atoms with van der Waals surface area (Å²) in [5, 5.41) is 3.43. The fourth-order valence-corrected chi connectivity index (χ4v) is 3.82. The van der Waals surface area contributed by atoms with Crippen LogP contribution in [0, 0.1) is 0 Å². The van der Waals surface area contributed by atoms with Crippen LogP contribution in [0.2, 0.25) is 0 Å². The first kappa shape index (κ1) is 19.0. The van der Waals surface area contributed by atoms with Crippen LogP contribution in [0.15, 0.2) is 0 Å². The highest BCUT2D eigenvalue weighted by atomic mass is 35.5. The highest BCUT2D eigenvalue weighted by Gasteiger charge is 2.31. The van der Waals surface area contributed by atoms with Gasteiger partial charge in [0, 0.05) is 31.6 Å². The van der Waals surface area contributed by atoms with Crippen molar-refractivity contribution in [3.63, 3.8) is 0 Å². The molecule has 2 atom stereocenters. The summed E-state index contributed by atoms with van der Waals surface area (Å²) in [6.07, 6.45) is 8.38. The van der Waals surface area contributed by atoms with Crippen molar-refractivity contribution in [3.8, 4) is 0 Å². The van der Waals surface area contributed by atoms with Crippen molar-refractivity contribution in [2.24, 2.45) is 0 Å². The molecule has 3 aliphatic heterocycles. The number of nitrogens with one attached hydrogen (secondary N) is 1. The van der Waals surface area contributed by atoms with Crippen LogP contribution >= 0.6 is 24.8 Å². The Hall–Kier alpha value is -0.0300. The van der Waals surface area contributed by atoms with Crippen LogP contribution in [0.5, 0.6) is 0 Å². The monoisotopic (exact) mass is 337 g/mol. The maximum atomic E-state index is 12.3. The Morgan fingerprint density at radius 2 is 1.76 bits per heavy atom. The predicted molar refractivity (Wildman–Crippen MR) is 90.5 cm³/mol. The van der Waals surface area contributed by atoms with Gasteiger partial charge in [-0.15, -0.1) is 24.8 Å². The summed E-state index contributed by atoms with van der Waals surface area (Å²) >= 11 is 0. The van der Waals surface area contributed by atoms with Gasteiger partial charge >= 0.3 is 0 Å². The summed E-state index contributed by atoms with van der Waals surface area (Å²) in [6, 6.07) is 1.09. The fourth-order valence-electron chi connectivity index (χ4n) is 3.82. The number of likely N-dealkylation sites (tertiary alicyclic amines) is 2. The van der Waals surface area contributed by atoms with E-state index in [1.165, 1.54) is 51.6 Å². The quantitative estimate of drug-likeness (QED) is 0.856. The zero-order chi connectivity index (χ0) is 13.1. The van der Waals surface area contributed by atoms with E-state index < -0.39 is 0 Å². The first-order chi connectivity index (χ1) is 9.33. The van der Waals surface area contributed by atoms with E-state index in [0.29, 0.717) is 24.4 Å². The fraction of sp³-hybridized carbons (Fsp3) is 0.933. The molecular formula is C15H29Cl2N3O. The van der Waals surface area contributed by atoms with Crippen LogP contribution in [0.25, 0.3) is 0 Å². The van der Waals surface area contributed by atoms with Gasteiger partial charge in [-0.1, -0.05) is 6.42 Å². The van der Waals surface area contributed by atoms with Gasteiger partial charge in [0.25, 0.3) is 0 Å². The molecule has 0 aromatic carbocycles. The van der Waals surface area contributed by atoms with E-state index in [2.05, 4.69) is 15.1 Å². The summed E-state index contributed by atoms with van der Waals surface area (Å²) in [7, 11) is 0. The van der Waals surface area contributed by atoms with E-state index in [-0.39, 0.29) is 24.8 Å². The lowest BCUT2D eigenvalue weighted by molar-refractivity contribution is -0.130. The number of hydrogen-bond donors (Lipinski definition) is 1. The molecule has 1 N–H and O–H groups in total. The van der Waals surface area contributed by atoms with Gasteiger partial charge in [-0.25, -0.2) is 0 Å². The average Bonchev–Trinajstić information content (AvgIpc) is 3.10. The van der Waals surface area contributed by atoms with Crippen LogP contribution in [-0.2, 0) is 4.79 Å². The zero-order valence-electron chi connectivity index (χ0n) is 12.8. The molecule has 0 spiro atoms. The molecule has 0 saturated carbocycles. The number of rotatable bonds is 3. The highest BCUT2D eigenvalue weighted by Crippen LogP contribution is 2.21. The van der Waals surface area contributed by atoms with Crippen molar-refractivity contribution in [2.45, 2.75) is 57.0 Å². The van der Waals surface area contributed by atoms with E-state index >= 15 is 0 Å². The van der Waals surface area contributed by atoms with Gasteiger partial charge in [0.1, 0.15) is 0 Å². The van der Waals surface area contributed by atoms with Gasteiger partial charge in [0.15, 0.2) is 0 Å². The van der Waals surface area contributed by atoms with E-state index in [1.54, 1.807) is 0 Å². The third-order valence-corrected chi connectivity index (χ3v) is 5.01. The molecule has 0 radical (unpaired) electrons. The van der Waals surface area contributed by atoms with Crippen molar-refractivity contribution in [1.82, 2.24) is 15.1 Å². The average molecular weight is 338 g/mol. The lowest BCUT2D eigenvalue weighted by Gasteiger charge is -2.32. The molecule has 0 aliphatic carbocycles. The second kappa shape index (κ2) is 9.19. The molecule has 3 rings (SSSR count). The second-order valence-electron chi connectivity index (χ2n) is 6.38. The van der Waals surface area contributed by atoms with Crippen molar-refractivity contribution in [1.29, 1.82) is 0 Å². The third-order valence-electron chi connectivity index (χ3n) is 5.01. The molecule has 2 unspecified atom stereocenters. The smallest absolute Gasteiger partial charge is 0.224 e. The summed E-state index contributed by atoms with van der Waals surface area (Å²) < 4.78 is 0. The molecule has 6 heteroatoms. The topological polar surface area (TPSA) is 35.6 Å². The van der Waals surface area contributed by atoms with Crippen LogP contribution < -0.4 is 5.32 Å². The van der Waals surface area contributed by atoms with E-state index in [9.17, 15) is 4.79 Å². The largest absolute Gasteiger partial charge is 0.341 e. The molecule has 0 aromatic heterocycles. The number of amides is 1. The van der Waals surface area contributed by atoms with Crippen molar-refractivity contribution in [3.05, 3.63) is 0 Å². The molecule has 124 valence electrons. The van der Waals surface area contributed by atoms with Crippen LogP contribution in [0.3, 0.4) is 0 Å². The van der Waals surface area contributed by atoms with Crippen molar-refractivity contribution in [2.75, 3.05) is 32.7 Å². The van der Waals surface area contributed by atoms with Gasteiger partial charge in [-0.05, 0) is 51.7 Å². The number of carbonyl (C=O) groups excluding carboxylic acids is 1. The first-order valence-electron chi connectivity index (χ1n) is 8.08. The molecule has 0 aromatic rings. The first-order valence-corrected chi connectivity index (χ1v) is 8.08. The zero-order valence-corrected chi connectivity index (χ0v) is 14.4. The summed E-state index contributed by atoms with van der Waals surface area (Å²) in [5.41, 5.74) is 0. The Balaban J connectivity index is 0.00000110. The molecule has 0 bridgehead atoms. The normalized spacial score (nSPS) is 29.8. The van der Waals surface area contributed by atoms with Gasteiger partial charge in [0.2, 0.25) is 5.91 Å². The Morgan fingerprint density at radius 1 is 1.00 bits per heavy atom. The van der Waals surface area contributed by atoms with Gasteiger partial charge < -0.3 is 10.2 Å². The molecular weight excluding hydrogens is 309 g/mol. The minimum absolute atomic E-state index is 0. The Labute approximate surface area is 140 Å². The molecule has 4 nitrogen and oxygen atoms in total. The number of carbonyl (C=O) groups is 1. The standard InChI is InChI=1S/C15H27N3O.2ClH/c19-15(11-13-5-4-7-16-13)18-10-6-14(12-18)17-8-2-1-3-9-17;;/h13-14,16H,1-12H2;2*1H. The lowest BCUT2D eigenvalue weighted by Crippen LogP contribution is -2.42. The van der Waals surface area contributed by atoms with Crippen molar-refractivity contribution >= 4 is 30.7 Å². The molecule has 3 heterocycles. The molecule has 3 saturated heterocycles. The van der Waals surface area contributed by atoms with Gasteiger partial charge in [-0.2, -0.15) is 0 Å². The Bertz CT molecular complexity index is 318. The number of nitrogens with zero attached hydrogens (tertiary/aromatic N) is 2. The molecule has 3 fully saturated rings. The third kappa shape index (κ3) is 4.98. The minimum atomic E-state index is 0. The van der Waals surface area contributed by atoms with E-state index in [4.69, 9.17) is 0 Å². The SMILES string of the molecule is Cl.Cl.O=C(CC1CCCN1)N1CCC(N2CCCCC2)C1. The van der Waals surface area contributed by atoms with E-state index in [1.807, 2.05) is 0 Å². The Morgan fingerprint density at radius 3 is 2.43 bits per heavy atom. The molecule has 21 heavy (non-hydrogen) atoms. The van der Waals surface area contributed by atoms with Gasteiger partial charge in [-0.3, -0.25) is 9.69 Å². The molecule has 1 amide bonds. The summed E-state index contributed by atoms with van der Waals surface area (Å²) in [4.78, 5) is 17.0. The van der Waals surface area contributed by atoms with Crippen molar-refractivity contribution < 1.29 is 4.79 Å². The molecule has 3 aliphatic rings. The summed E-state index contributed by atoms with van der Waals surface area (Å²) in [5.74, 6) is 0.374. The van der Waals surface area contributed by atoms with Crippen LogP contribution in [-0.4, -0.2) is 60.5 Å². The van der Waals surface area contributed by atoms with Crippen LogP contribution in [0.4, 0.5) is 0 Å². The van der Waals surface area contributed by atoms with E-state index in [0.717, 1.165) is 19.6 Å². The maximum Gasteiger partial charge on any atom is 0.224 e. The number of piperidine rings is 1. The Kier molecular flexibility index (Phi) is 8.32. The maximum absolute atomic E-state index is 12.3. The van der Waals surface area contributed by atoms with Crippen LogP contribution in [0.1, 0.15) is 44.9 Å². The minimum Gasteiger partial charge on any atom is -0.341 e. The number of halogens is 2. The second-order valence-corrected chi connectivity index (χ2v) is 6.38. The lowest BCUT2D eigenvalue weighted by atomic mass is 10.1. The van der Waals surface area contributed by atoms with Gasteiger partial charge in [0.05, 0.1) is 0 Å².